The van der Waals surface area contributed by atoms with Gasteiger partial charge in [-0.25, -0.2) is 9.18 Å². The van der Waals surface area contributed by atoms with Gasteiger partial charge in [-0.2, -0.15) is 18.2 Å². The Balaban J connectivity index is 2.26. The number of alkyl halides is 3. The molecule has 3 rings (SSSR count). The number of amides is 1. The molecule has 1 unspecified atom stereocenters. The van der Waals surface area contributed by atoms with E-state index in [1.165, 1.54) is 4.57 Å². The maximum atomic E-state index is 13.5. The number of para-hydroxylation sites is 1. The summed E-state index contributed by atoms with van der Waals surface area (Å²) in [5.74, 6) is -3.50. The van der Waals surface area contributed by atoms with Gasteiger partial charge in [0.25, 0.3) is 5.91 Å². The maximum Gasteiger partial charge on any atom is 0.417 e. The molecule has 152 valence electrons. The molecule has 3 aromatic rings. The van der Waals surface area contributed by atoms with E-state index in [1.807, 2.05) is 0 Å². The van der Waals surface area contributed by atoms with Crippen molar-refractivity contribution in [2.75, 3.05) is 0 Å². The number of nitrogens with zero attached hydrogens (tertiary/aromatic N) is 2. The molecule has 29 heavy (non-hydrogen) atoms. The molecule has 0 saturated carbocycles. The van der Waals surface area contributed by atoms with Gasteiger partial charge < -0.3 is 9.67 Å². The number of benzene rings is 2. The highest BCUT2D eigenvalue weighted by molar-refractivity contribution is 7.16. The van der Waals surface area contributed by atoms with Gasteiger partial charge >= 0.3 is 12.1 Å². The number of carboxylic acid groups (broad SMARTS) is 1. The monoisotopic (exact) mass is 426 g/mol. The lowest BCUT2D eigenvalue weighted by Crippen LogP contribution is -2.27. The molecule has 2 aromatic carbocycles. The molecule has 0 bridgehead atoms. The van der Waals surface area contributed by atoms with E-state index in [0.717, 1.165) is 11.3 Å². The highest BCUT2D eigenvalue weighted by Crippen LogP contribution is 2.32. The summed E-state index contributed by atoms with van der Waals surface area (Å²) in [6.07, 6.45) is -4.72. The average molecular weight is 426 g/mol. The molecular weight excluding hydrogens is 412 g/mol. The molecule has 0 aliphatic carbocycles. The van der Waals surface area contributed by atoms with Gasteiger partial charge in [0.05, 0.1) is 21.3 Å². The number of carbonyl (C=O) groups excluding carboxylic acids is 1. The van der Waals surface area contributed by atoms with Crippen molar-refractivity contribution in [3.8, 4) is 0 Å². The minimum atomic E-state index is -4.88. The molecule has 0 aliphatic heterocycles. The Morgan fingerprint density at radius 2 is 1.90 bits per heavy atom. The zero-order valence-electron chi connectivity index (χ0n) is 14.9. The van der Waals surface area contributed by atoms with Gasteiger partial charge in [-0.3, -0.25) is 4.79 Å². The second kappa shape index (κ2) is 7.78. The molecule has 0 spiro atoms. The van der Waals surface area contributed by atoms with E-state index in [9.17, 15) is 32.3 Å². The van der Waals surface area contributed by atoms with Crippen LogP contribution in [-0.2, 0) is 11.0 Å². The van der Waals surface area contributed by atoms with Crippen LogP contribution in [0.3, 0.4) is 0 Å². The standard InChI is InChI=1S/C19H14F4N2O3S/c1-2-13(17(27)28)25-14-5-3-4-6-15(14)29-18(25)24-16(26)11-9-10(20)7-8-12(11)19(21,22)23/h3-9,13H,2H2,1H3,(H,27,28). The van der Waals surface area contributed by atoms with Gasteiger partial charge in [0.2, 0.25) is 0 Å². The number of hydrogen-bond donors (Lipinski definition) is 1. The normalized spacial score (nSPS) is 13.6. The van der Waals surface area contributed by atoms with E-state index < -0.39 is 41.0 Å². The van der Waals surface area contributed by atoms with Crippen LogP contribution in [0.15, 0.2) is 47.5 Å². The van der Waals surface area contributed by atoms with Gasteiger partial charge in [0, 0.05) is 0 Å². The van der Waals surface area contributed by atoms with Crippen LogP contribution in [0.1, 0.15) is 35.3 Å². The molecule has 0 radical (unpaired) electrons. The number of halogens is 4. The molecular formula is C19H14F4N2O3S. The lowest BCUT2D eigenvalue weighted by molar-refractivity contribution is -0.141. The number of carboxylic acids is 1. The summed E-state index contributed by atoms with van der Waals surface area (Å²) in [7, 11) is 0. The molecule has 0 saturated heterocycles. The Labute approximate surface area is 165 Å². The quantitative estimate of drug-likeness (QED) is 0.618. The second-order valence-electron chi connectivity index (χ2n) is 6.09. The third-order valence-corrected chi connectivity index (χ3v) is 5.27. The van der Waals surface area contributed by atoms with Crippen LogP contribution >= 0.6 is 11.3 Å². The molecule has 1 atom stereocenters. The van der Waals surface area contributed by atoms with Crippen molar-refractivity contribution in [1.82, 2.24) is 4.57 Å². The average Bonchev–Trinajstić information content (AvgIpc) is 2.99. The van der Waals surface area contributed by atoms with Crippen LogP contribution < -0.4 is 4.80 Å². The fourth-order valence-electron chi connectivity index (χ4n) is 2.93. The summed E-state index contributed by atoms with van der Waals surface area (Å²) in [5, 5.41) is 9.53. The van der Waals surface area contributed by atoms with Gasteiger partial charge in [0.15, 0.2) is 4.80 Å². The van der Waals surface area contributed by atoms with E-state index in [4.69, 9.17) is 0 Å². The molecule has 5 nitrogen and oxygen atoms in total. The molecule has 1 amide bonds. The van der Waals surface area contributed by atoms with Gasteiger partial charge in [-0.1, -0.05) is 30.4 Å². The van der Waals surface area contributed by atoms with E-state index >= 15 is 0 Å². The minimum Gasteiger partial charge on any atom is -0.480 e. The van der Waals surface area contributed by atoms with Crippen molar-refractivity contribution in [3.05, 3.63) is 64.2 Å². The van der Waals surface area contributed by atoms with E-state index in [1.54, 1.807) is 31.2 Å². The molecule has 0 aliphatic rings. The van der Waals surface area contributed by atoms with Crippen LogP contribution in [0.25, 0.3) is 10.2 Å². The van der Waals surface area contributed by atoms with Crippen LogP contribution in [0, 0.1) is 5.82 Å². The summed E-state index contributed by atoms with van der Waals surface area (Å²) in [5.41, 5.74) is -1.77. The van der Waals surface area contributed by atoms with Crippen molar-refractivity contribution < 1.29 is 32.3 Å². The van der Waals surface area contributed by atoms with Crippen molar-refractivity contribution in [3.63, 3.8) is 0 Å². The Morgan fingerprint density at radius 3 is 2.52 bits per heavy atom. The number of aliphatic carboxylic acids is 1. The first-order chi connectivity index (χ1) is 13.6. The van der Waals surface area contributed by atoms with E-state index in [-0.39, 0.29) is 11.2 Å². The zero-order valence-corrected chi connectivity index (χ0v) is 15.7. The Kier molecular flexibility index (Phi) is 5.56. The minimum absolute atomic E-state index is 0.0807. The summed E-state index contributed by atoms with van der Waals surface area (Å²) in [4.78, 5) is 27.9. The van der Waals surface area contributed by atoms with Crippen molar-refractivity contribution in [1.29, 1.82) is 0 Å². The topological polar surface area (TPSA) is 71.7 Å². The van der Waals surface area contributed by atoms with Crippen molar-refractivity contribution in [2.45, 2.75) is 25.6 Å². The Hall–Kier alpha value is -3.01. The number of carbonyl (C=O) groups is 2. The van der Waals surface area contributed by atoms with Gasteiger partial charge in [-0.05, 0) is 36.8 Å². The first-order valence-electron chi connectivity index (χ1n) is 8.42. The number of fused-ring (bicyclic) bond motifs is 1. The summed E-state index contributed by atoms with van der Waals surface area (Å²) >= 11 is 0.963. The number of aromatic nitrogens is 1. The molecule has 0 fully saturated rings. The number of thiazole rings is 1. The van der Waals surface area contributed by atoms with Crippen molar-refractivity contribution in [2.24, 2.45) is 4.99 Å². The predicted molar refractivity (Wildman–Crippen MR) is 98.1 cm³/mol. The number of hydrogen-bond acceptors (Lipinski definition) is 3. The van der Waals surface area contributed by atoms with Crippen LogP contribution in [0.5, 0.6) is 0 Å². The van der Waals surface area contributed by atoms with Crippen LogP contribution in [0.4, 0.5) is 17.6 Å². The first-order valence-corrected chi connectivity index (χ1v) is 9.23. The van der Waals surface area contributed by atoms with E-state index in [2.05, 4.69) is 4.99 Å². The SMILES string of the molecule is CCC(C(=O)O)n1c(=NC(=O)c2cc(F)ccc2C(F)(F)F)sc2ccccc21. The molecule has 1 N–H and O–H groups in total. The third kappa shape index (κ3) is 4.07. The molecule has 10 heteroatoms. The fraction of sp³-hybridized carbons (Fsp3) is 0.211. The Morgan fingerprint density at radius 1 is 1.21 bits per heavy atom. The largest absolute Gasteiger partial charge is 0.480 e. The van der Waals surface area contributed by atoms with Crippen molar-refractivity contribution >= 4 is 33.4 Å². The zero-order chi connectivity index (χ0) is 21.3. The van der Waals surface area contributed by atoms with Gasteiger partial charge in [0.1, 0.15) is 11.9 Å². The molecule has 1 aromatic heterocycles. The van der Waals surface area contributed by atoms with E-state index in [0.29, 0.717) is 28.4 Å². The second-order valence-corrected chi connectivity index (χ2v) is 7.10. The summed E-state index contributed by atoms with van der Waals surface area (Å²) in [6.45, 7) is 1.62. The lowest BCUT2D eigenvalue weighted by atomic mass is 10.1. The van der Waals surface area contributed by atoms with Crippen LogP contribution in [0.2, 0.25) is 0 Å². The van der Waals surface area contributed by atoms with Crippen LogP contribution in [-0.4, -0.2) is 21.6 Å². The highest BCUT2D eigenvalue weighted by atomic mass is 32.1. The third-order valence-electron chi connectivity index (χ3n) is 4.23. The van der Waals surface area contributed by atoms with Gasteiger partial charge in [-0.15, -0.1) is 0 Å². The highest BCUT2D eigenvalue weighted by Gasteiger charge is 2.35. The molecule has 1 heterocycles. The maximum absolute atomic E-state index is 13.5. The Bertz CT molecular complexity index is 1160. The lowest BCUT2D eigenvalue weighted by Gasteiger charge is -2.13. The smallest absolute Gasteiger partial charge is 0.417 e. The predicted octanol–water partition coefficient (Wildman–Crippen LogP) is 4.64. The first kappa shape index (κ1) is 20.7. The number of rotatable bonds is 4. The summed E-state index contributed by atoms with van der Waals surface area (Å²) in [6, 6.07) is 7.15. The summed E-state index contributed by atoms with van der Waals surface area (Å²) < 4.78 is 55.1. The fourth-order valence-corrected chi connectivity index (χ4v) is 3.99.